The minimum absolute atomic E-state index is 0.00328. The van der Waals surface area contributed by atoms with Crippen LogP contribution in [-0.4, -0.2) is 51.2 Å². The normalized spacial score (nSPS) is 17.6. The van der Waals surface area contributed by atoms with Crippen LogP contribution < -0.4 is 10.6 Å². The molecule has 36 heavy (non-hydrogen) atoms. The van der Waals surface area contributed by atoms with E-state index < -0.39 is 0 Å². The molecule has 2 aliphatic rings. The lowest BCUT2D eigenvalue weighted by molar-refractivity contribution is -0.124. The SMILES string of the molecule is O=C(NCCc1ccc(Cl)cc1)C1CCc2nnc(C3CCN(C(=O)Nc4ccc(Cl)cc4)CC3)n21. The van der Waals surface area contributed by atoms with E-state index in [0.717, 1.165) is 49.3 Å². The Kier molecular flexibility index (Phi) is 7.43. The van der Waals surface area contributed by atoms with Crippen LogP contribution in [0.3, 0.4) is 0 Å². The van der Waals surface area contributed by atoms with Crippen LogP contribution in [0.5, 0.6) is 0 Å². The summed E-state index contributed by atoms with van der Waals surface area (Å²) in [6, 6.07) is 14.3. The number of halogens is 2. The molecule has 0 radical (unpaired) electrons. The van der Waals surface area contributed by atoms with E-state index in [1.165, 1.54) is 0 Å². The van der Waals surface area contributed by atoms with Crippen LogP contribution in [-0.2, 0) is 17.6 Å². The summed E-state index contributed by atoms with van der Waals surface area (Å²) in [7, 11) is 0. The Morgan fingerprint density at radius 1 is 0.917 bits per heavy atom. The van der Waals surface area contributed by atoms with Crippen LogP contribution in [0.4, 0.5) is 10.5 Å². The number of nitrogens with one attached hydrogen (secondary N) is 2. The second kappa shape index (κ2) is 10.9. The molecule has 1 atom stereocenters. The molecule has 1 aromatic heterocycles. The van der Waals surface area contributed by atoms with Gasteiger partial charge in [-0.15, -0.1) is 10.2 Å². The summed E-state index contributed by atoms with van der Waals surface area (Å²) in [6.45, 7) is 1.79. The van der Waals surface area contributed by atoms with Gasteiger partial charge in [-0.25, -0.2) is 4.79 Å². The van der Waals surface area contributed by atoms with E-state index in [-0.39, 0.29) is 23.9 Å². The number of urea groups is 1. The highest BCUT2D eigenvalue weighted by Crippen LogP contribution is 2.34. The fourth-order valence-electron chi connectivity index (χ4n) is 4.94. The van der Waals surface area contributed by atoms with Crippen molar-refractivity contribution in [3.63, 3.8) is 0 Å². The molecule has 5 rings (SSSR count). The van der Waals surface area contributed by atoms with Crippen molar-refractivity contribution >= 4 is 40.8 Å². The van der Waals surface area contributed by atoms with E-state index in [4.69, 9.17) is 23.2 Å². The highest BCUT2D eigenvalue weighted by Gasteiger charge is 2.36. The zero-order chi connectivity index (χ0) is 25.1. The maximum Gasteiger partial charge on any atom is 0.321 e. The van der Waals surface area contributed by atoms with Crippen molar-refractivity contribution in [2.24, 2.45) is 0 Å². The van der Waals surface area contributed by atoms with Gasteiger partial charge in [0.05, 0.1) is 0 Å². The first-order valence-corrected chi connectivity index (χ1v) is 13.0. The van der Waals surface area contributed by atoms with Gasteiger partial charge < -0.3 is 20.1 Å². The van der Waals surface area contributed by atoms with E-state index in [1.807, 2.05) is 33.7 Å². The number of fused-ring (bicyclic) bond motifs is 1. The summed E-state index contributed by atoms with van der Waals surface area (Å²) in [4.78, 5) is 27.5. The number of aryl methyl sites for hydroxylation is 1. The van der Waals surface area contributed by atoms with Crippen LogP contribution in [0, 0.1) is 0 Å². The molecule has 0 aliphatic carbocycles. The summed E-state index contributed by atoms with van der Waals surface area (Å²) in [5.74, 6) is 1.89. The van der Waals surface area contributed by atoms with E-state index in [2.05, 4.69) is 20.8 Å². The number of piperidine rings is 1. The topological polar surface area (TPSA) is 92.2 Å². The van der Waals surface area contributed by atoms with E-state index in [1.54, 1.807) is 24.3 Å². The number of benzene rings is 2. The average Bonchev–Trinajstić information content (AvgIpc) is 3.49. The molecule has 188 valence electrons. The van der Waals surface area contributed by atoms with Gasteiger partial charge in [-0.3, -0.25) is 4.79 Å². The van der Waals surface area contributed by atoms with Crippen LogP contribution in [0.1, 0.15) is 48.4 Å². The number of anilines is 1. The van der Waals surface area contributed by atoms with Gasteiger partial charge in [0.15, 0.2) is 0 Å². The number of carbonyl (C=O) groups excluding carboxylic acids is 2. The Balaban J connectivity index is 1.16. The van der Waals surface area contributed by atoms with Crippen molar-refractivity contribution < 1.29 is 9.59 Å². The zero-order valence-electron chi connectivity index (χ0n) is 19.8. The third-order valence-electron chi connectivity index (χ3n) is 6.92. The third kappa shape index (κ3) is 5.50. The Hall–Kier alpha value is -3.10. The summed E-state index contributed by atoms with van der Waals surface area (Å²) >= 11 is 11.9. The third-order valence-corrected chi connectivity index (χ3v) is 7.42. The van der Waals surface area contributed by atoms with Crippen LogP contribution >= 0.6 is 23.2 Å². The molecule has 1 unspecified atom stereocenters. The van der Waals surface area contributed by atoms with E-state index in [9.17, 15) is 9.59 Å². The second-order valence-corrected chi connectivity index (χ2v) is 10.1. The Bertz CT molecular complexity index is 1220. The minimum Gasteiger partial charge on any atom is -0.354 e. The standard InChI is InChI=1S/C26H28Cl2N6O2/c27-19-3-1-17(2-4-19)11-14-29-25(35)22-9-10-23-31-32-24(34(22)23)18-12-15-33(16-13-18)26(36)30-21-7-5-20(28)6-8-21/h1-8,18,22H,9-16H2,(H,29,35)(H,30,36). The molecule has 8 nitrogen and oxygen atoms in total. The molecule has 3 aromatic rings. The Morgan fingerprint density at radius 3 is 2.28 bits per heavy atom. The summed E-state index contributed by atoms with van der Waals surface area (Å²) < 4.78 is 2.03. The zero-order valence-corrected chi connectivity index (χ0v) is 21.3. The number of rotatable bonds is 6. The number of nitrogens with zero attached hydrogens (tertiary/aromatic N) is 4. The second-order valence-electron chi connectivity index (χ2n) is 9.26. The van der Waals surface area contributed by atoms with Crippen molar-refractivity contribution in [2.75, 3.05) is 25.0 Å². The maximum atomic E-state index is 13.0. The van der Waals surface area contributed by atoms with Gasteiger partial charge in [0.2, 0.25) is 5.91 Å². The largest absolute Gasteiger partial charge is 0.354 e. The highest BCUT2D eigenvalue weighted by molar-refractivity contribution is 6.30. The lowest BCUT2D eigenvalue weighted by Crippen LogP contribution is -2.41. The number of aromatic nitrogens is 3. The Morgan fingerprint density at radius 2 is 1.58 bits per heavy atom. The lowest BCUT2D eigenvalue weighted by atomic mass is 9.95. The number of likely N-dealkylation sites (tertiary alicyclic amines) is 1. The number of hydrogen-bond donors (Lipinski definition) is 2. The minimum atomic E-state index is -0.290. The summed E-state index contributed by atoms with van der Waals surface area (Å²) in [5, 5.41) is 16.2. The smallest absolute Gasteiger partial charge is 0.321 e. The molecular formula is C26H28Cl2N6O2. The monoisotopic (exact) mass is 526 g/mol. The highest BCUT2D eigenvalue weighted by atomic mass is 35.5. The van der Waals surface area contributed by atoms with Gasteiger partial charge in [0, 0.05) is 47.7 Å². The van der Waals surface area contributed by atoms with Gasteiger partial charge in [-0.1, -0.05) is 35.3 Å². The van der Waals surface area contributed by atoms with Crippen molar-refractivity contribution in [3.8, 4) is 0 Å². The first-order chi connectivity index (χ1) is 17.5. The Labute approximate surface area is 220 Å². The fraction of sp³-hybridized carbons (Fsp3) is 0.385. The molecule has 1 saturated heterocycles. The summed E-state index contributed by atoms with van der Waals surface area (Å²) in [6.07, 6.45) is 3.76. The van der Waals surface area contributed by atoms with Crippen LogP contribution in [0.15, 0.2) is 48.5 Å². The molecule has 3 amide bonds. The van der Waals surface area contributed by atoms with E-state index >= 15 is 0 Å². The molecule has 2 aromatic carbocycles. The molecule has 1 fully saturated rings. The van der Waals surface area contributed by atoms with Crippen molar-refractivity contribution in [1.29, 1.82) is 0 Å². The quantitative estimate of drug-likeness (QED) is 0.480. The predicted octanol–water partition coefficient (Wildman–Crippen LogP) is 4.84. The number of hydrogen-bond acceptors (Lipinski definition) is 4. The first kappa shape index (κ1) is 24.6. The first-order valence-electron chi connectivity index (χ1n) is 12.3. The van der Waals surface area contributed by atoms with Gasteiger partial charge in [0.25, 0.3) is 0 Å². The van der Waals surface area contributed by atoms with Crippen LogP contribution in [0.2, 0.25) is 10.0 Å². The van der Waals surface area contributed by atoms with Gasteiger partial charge in [-0.05, 0) is 67.6 Å². The average molecular weight is 527 g/mol. The molecule has 0 spiro atoms. The van der Waals surface area contributed by atoms with E-state index in [0.29, 0.717) is 35.4 Å². The molecule has 0 bridgehead atoms. The molecule has 10 heteroatoms. The number of carbonyl (C=O) groups is 2. The van der Waals surface area contributed by atoms with Gasteiger partial charge >= 0.3 is 6.03 Å². The molecule has 0 saturated carbocycles. The van der Waals surface area contributed by atoms with Crippen molar-refractivity contribution in [1.82, 2.24) is 25.0 Å². The molecule has 3 heterocycles. The summed E-state index contributed by atoms with van der Waals surface area (Å²) in [5.41, 5.74) is 1.84. The number of amides is 3. The maximum absolute atomic E-state index is 13.0. The molecular weight excluding hydrogens is 499 g/mol. The lowest BCUT2D eigenvalue weighted by Gasteiger charge is -2.32. The van der Waals surface area contributed by atoms with Gasteiger partial charge in [0.1, 0.15) is 17.7 Å². The predicted molar refractivity (Wildman–Crippen MR) is 140 cm³/mol. The molecule has 2 N–H and O–H groups in total. The van der Waals surface area contributed by atoms with Crippen LogP contribution in [0.25, 0.3) is 0 Å². The molecule has 2 aliphatic heterocycles. The van der Waals surface area contributed by atoms with Crippen molar-refractivity contribution in [2.45, 2.75) is 44.1 Å². The van der Waals surface area contributed by atoms with Gasteiger partial charge in [-0.2, -0.15) is 0 Å². The fourth-order valence-corrected chi connectivity index (χ4v) is 5.20. The van der Waals surface area contributed by atoms with Crippen molar-refractivity contribution in [3.05, 3.63) is 75.8 Å².